The molecule has 1 rings (SSSR count). The number of hydrogen-bond donors (Lipinski definition) is 1. The van der Waals surface area contributed by atoms with E-state index in [9.17, 15) is 9.90 Å². The van der Waals surface area contributed by atoms with Gasteiger partial charge in [-0.05, 0) is 52.4 Å². The van der Waals surface area contributed by atoms with Crippen LogP contribution in [0.15, 0.2) is 11.6 Å². The molecule has 0 radical (unpaired) electrons. The number of ketones is 1. The fourth-order valence-electron chi connectivity index (χ4n) is 2.44. The minimum Gasteiger partial charge on any atom is -0.390 e. The summed E-state index contributed by atoms with van der Waals surface area (Å²) in [4.78, 5) is 11.8. The molecule has 0 bridgehead atoms. The Morgan fingerprint density at radius 1 is 1.29 bits per heavy atom. The minimum atomic E-state index is -0.637. The van der Waals surface area contributed by atoms with Gasteiger partial charge in [-0.15, -0.1) is 0 Å². The van der Waals surface area contributed by atoms with E-state index in [1.807, 2.05) is 20.8 Å². The van der Waals surface area contributed by atoms with Crippen molar-refractivity contribution in [1.82, 2.24) is 0 Å². The van der Waals surface area contributed by atoms with E-state index in [-0.39, 0.29) is 5.92 Å². The maximum Gasteiger partial charge on any atom is 0.139 e. The lowest BCUT2D eigenvalue weighted by Crippen LogP contribution is -2.31. The van der Waals surface area contributed by atoms with Crippen LogP contribution in [0, 0.1) is 11.8 Å². The second-order valence-corrected chi connectivity index (χ2v) is 6.09. The molecular formula is C15H26O2. The number of rotatable bonds is 1. The third kappa shape index (κ3) is 4.63. The summed E-state index contributed by atoms with van der Waals surface area (Å²) >= 11 is 0. The number of carbonyl (C=O) groups is 1. The number of carbonyl (C=O) groups excluding carboxylic acids is 1. The Hall–Kier alpha value is -0.630. The summed E-state index contributed by atoms with van der Waals surface area (Å²) in [5.41, 5.74) is 0.643. The summed E-state index contributed by atoms with van der Waals surface area (Å²) < 4.78 is 0. The van der Waals surface area contributed by atoms with Gasteiger partial charge >= 0.3 is 0 Å². The summed E-state index contributed by atoms with van der Waals surface area (Å²) in [5.74, 6) is 0.752. The molecule has 0 amide bonds. The molecule has 0 aromatic carbocycles. The summed E-state index contributed by atoms with van der Waals surface area (Å²) in [6.45, 7) is 7.86. The second kappa shape index (κ2) is 5.81. The van der Waals surface area contributed by atoms with Crippen molar-refractivity contribution in [3.8, 4) is 0 Å². The molecule has 17 heavy (non-hydrogen) atoms. The van der Waals surface area contributed by atoms with E-state index in [0.29, 0.717) is 18.1 Å². The van der Waals surface area contributed by atoms with Gasteiger partial charge in [-0.25, -0.2) is 0 Å². The highest BCUT2D eigenvalue weighted by molar-refractivity contribution is 5.82. The van der Waals surface area contributed by atoms with Crippen LogP contribution in [0.2, 0.25) is 0 Å². The molecule has 1 aliphatic rings. The molecule has 0 aliphatic heterocycles. The average molecular weight is 238 g/mol. The summed E-state index contributed by atoms with van der Waals surface area (Å²) in [7, 11) is 0. The minimum absolute atomic E-state index is 0.127. The Morgan fingerprint density at radius 2 is 1.94 bits per heavy atom. The molecule has 1 N–H and O–H groups in total. The standard InChI is InChI=1S/C15H26O2/c1-11-5-8-13(15(3,4)17)9-7-12(2)14(16)10-6-11/h6,12-13,17H,5,7-10H2,1-4H3. The maximum absolute atomic E-state index is 11.8. The molecule has 2 nitrogen and oxygen atoms in total. The van der Waals surface area contributed by atoms with Crippen molar-refractivity contribution in [3.05, 3.63) is 11.6 Å². The van der Waals surface area contributed by atoms with E-state index < -0.39 is 5.60 Å². The zero-order valence-corrected chi connectivity index (χ0v) is 11.6. The Morgan fingerprint density at radius 3 is 2.53 bits per heavy atom. The van der Waals surface area contributed by atoms with Crippen molar-refractivity contribution in [1.29, 1.82) is 0 Å². The van der Waals surface area contributed by atoms with Crippen LogP contribution >= 0.6 is 0 Å². The van der Waals surface area contributed by atoms with Gasteiger partial charge in [0.1, 0.15) is 5.78 Å². The van der Waals surface area contributed by atoms with E-state index >= 15 is 0 Å². The van der Waals surface area contributed by atoms with E-state index in [2.05, 4.69) is 13.0 Å². The van der Waals surface area contributed by atoms with E-state index in [0.717, 1.165) is 25.7 Å². The molecule has 0 heterocycles. The maximum atomic E-state index is 11.8. The first-order chi connectivity index (χ1) is 7.80. The lowest BCUT2D eigenvalue weighted by molar-refractivity contribution is -0.122. The molecular weight excluding hydrogens is 212 g/mol. The highest BCUT2D eigenvalue weighted by atomic mass is 16.3. The third-order valence-electron chi connectivity index (χ3n) is 4.04. The topological polar surface area (TPSA) is 37.3 Å². The highest BCUT2D eigenvalue weighted by Crippen LogP contribution is 2.30. The lowest BCUT2D eigenvalue weighted by Gasteiger charge is -2.31. The Bertz CT molecular complexity index is 297. The van der Waals surface area contributed by atoms with Gasteiger partial charge in [-0.1, -0.05) is 18.6 Å². The van der Waals surface area contributed by atoms with Crippen LogP contribution in [0.5, 0.6) is 0 Å². The van der Waals surface area contributed by atoms with Crippen LogP contribution in [0.3, 0.4) is 0 Å². The van der Waals surface area contributed by atoms with Crippen molar-refractivity contribution in [2.24, 2.45) is 11.8 Å². The third-order valence-corrected chi connectivity index (χ3v) is 4.04. The quantitative estimate of drug-likeness (QED) is 0.710. The monoisotopic (exact) mass is 238 g/mol. The summed E-state index contributed by atoms with van der Waals surface area (Å²) in [6, 6.07) is 0. The van der Waals surface area contributed by atoms with Gasteiger partial charge in [0.05, 0.1) is 5.60 Å². The first kappa shape index (κ1) is 14.4. The van der Waals surface area contributed by atoms with Crippen LogP contribution in [0.25, 0.3) is 0 Å². The molecule has 0 aromatic rings. The van der Waals surface area contributed by atoms with Gasteiger partial charge in [0.15, 0.2) is 0 Å². The normalized spacial score (nSPS) is 28.8. The van der Waals surface area contributed by atoms with Crippen LogP contribution in [-0.2, 0) is 4.79 Å². The van der Waals surface area contributed by atoms with Crippen molar-refractivity contribution in [3.63, 3.8) is 0 Å². The number of allylic oxidation sites excluding steroid dienone is 2. The second-order valence-electron chi connectivity index (χ2n) is 6.09. The van der Waals surface area contributed by atoms with Gasteiger partial charge in [0.25, 0.3) is 0 Å². The predicted molar refractivity (Wildman–Crippen MR) is 70.8 cm³/mol. The van der Waals surface area contributed by atoms with Crippen molar-refractivity contribution in [2.45, 2.75) is 65.4 Å². The smallest absolute Gasteiger partial charge is 0.139 e. The Balaban J connectivity index is 2.78. The van der Waals surface area contributed by atoms with Crippen molar-refractivity contribution < 1.29 is 9.90 Å². The SMILES string of the molecule is CC1=CCC(=O)C(C)CCC(C(C)(C)O)CC1. The van der Waals surface area contributed by atoms with Crippen LogP contribution in [0.4, 0.5) is 0 Å². The zero-order chi connectivity index (χ0) is 13.1. The summed E-state index contributed by atoms with van der Waals surface area (Å²) in [5, 5.41) is 10.2. The molecule has 0 saturated heterocycles. The summed E-state index contributed by atoms with van der Waals surface area (Å²) in [6.07, 6.45) is 6.51. The molecule has 0 fully saturated rings. The van der Waals surface area contributed by atoms with Gasteiger partial charge in [0.2, 0.25) is 0 Å². The van der Waals surface area contributed by atoms with E-state index in [1.165, 1.54) is 5.57 Å². The van der Waals surface area contributed by atoms with Crippen molar-refractivity contribution >= 4 is 5.78 Å². The van der Waals surface area contributed by atoms with Crippen LogP contribution in [0.1, 0.15) is 59.8 Å². The van der Waals surface area contributed by atoms with Gasteiger partial charge in [0, 0.05) is 12.3 Å². The van der Waals surface area contributed by atoms with E-state index in [4.69, 9.17) is 0 Å². The Labute approximate surface area is 105 Å². The fourth-order valence-corrected chi connectivity index (χ4v) is 2.44. The molecule has 2 unspecified atom stereocenters. The van der Waals surface area contributed by atoms with Gasteiger partial charge < -0.3 is 5.11 Å². The van der Waals surface area contributed by atoms with Crippen molar-refractivity contribution in [2.75, 3.05) is 0 Å². The zero-order valence-electron chi connectivity index (χ0n) is 11.6. The molecule has 98 valence electrons. The van der Waals surface area contributed by atoms with Gasteiger partial charge in [-0.3, -0.25) is 4.79 Å². The number of hydrogen-bond acceptors (Lipinski definition) is 2. The number of aliphatic hydroxyl groups is 1. The molecule has 0 aromatic heterocycles. The first-order valence-electron chi connectivity index (χ1n) is 6.71. The van der Waals surface area contributed by atoms with Crippen LogP contribution in [-0.4, -0.2) is 16.5 Å². The van der Waals surface area contributed by atoms with E-state index in [1.54, 1.807) is 0 Å². The molecule has 2 heteroatoms. The van der Waals surface area contributed by atoms with Gasteiger partial charge in [-0.2, -0.15) is 0 Å². The molecule has 0 saturated carbocycles. The Kier molecular flexibility index (Phi) is 4.93. The molecule has 2 atom stereocenters. The van der Waals surface area contributed by atoms with Crippen LogP contribution < -0.4 is 0 Å². The predicted octanol–water partition coefficient (Wildman–Crippen LogP) is 3.49. The highest BCUT2D eigenvalue weighted by Gasteiger charge is 2.27. The fraction of sp³-hybridized carbons (Fsp3) is 0.800. The molecule has 0 spiro atoms. The number of Topliss-reactive ketones (excluding diaryl/α,β-unsaturated/α-hetero) is 1. The largest absolute Gasteiger partial charge is 0.390 e. The molecule has 1 aliphatic carbocycles. The lowest BCUT2D eigenvalue weighted by atomic mass is 9.79. The average Bonchev–Trinajstić information content (AvgIpc) is 2.22. The first-order valence-corrected chi connectivity index (χ1v) is 6.71.